The van der Waals surface area contributed by atoms with E-state index in [2.05, 4.69) is 4.98 Å². The summed E-state index contributed by atoms with van der Waals surface area (Å²) in [4.78, 5) is 25.4. The number of anilines is 1. The smallest absolute Gasteiger partial charge is 0.357 e. The fraction of sp³-hybridized carbons (Fsp3) is 0.214. The number of hydrogen-bond acceptors (Lipinski definition) is 6. The molecule has 2 rings (SSSR count). The largest absolute Gasteiger partial charge is 0.416 e. The highest BCUT2D eigenvalue weighted by molar-refractivity contribution is 5.76. The fourth-order valence-corrected chi connectivity index (χ4v) is 2.25. The molecule has 0 aliphatic rings. The van der Waals surface area contributed by atoms with Crippen LogP contribution in [0.5, 0.6) is 0 Å². The molecule has 11 heteroatoms. The van der Waals surface area contributed by atoms with Gasteiger partial charge in [-0.05, 0) is 12.1 Å². The van der Waals surface area contributed by atoms with Crippen molar-refractivity contribution in [3.05, 3.63) is 68.0 Å². The zero-order valence-electron chi connectivity index (χ0n) is 12.7. The summed E-state index contributed by atoms with van der Waals surface area (Å²) in [5, 5.41) is 22.4. The highest BCUT2D eigenvalue weighted by Gasteiger charge is 2.38. The third-order valence-electron chi connectivity index (χ3n) is 3.30. The van der Waals surface area contributed by atoms with Crippen LogP contribution in [0.1, 0.15) is 11.3 Å². The van der Waals surface area contributed by atoms with Crippen molar-refractivity contribution in [2.24, 2.45) is 0 Å². The third kappa shape index (κ3) is 4.00. The zero-order valence-corrected chi connectivity index (χ0v) is 12.7. The number of alkyl halides is 3. The Morgan fingerprint density at radius 2 is 1.68 bits per heavy atom. The molecule has 0 fully saturated rings. The van der Waals surface area contributed by atoms with Crippen molar-refractivity contribution in [2.75, 3.05) is 11.9 Å². The van der Waals surface area contributed by atoms with Crippen molar-refractivity contribution in [3.8, 4) is 0 Å². The van der Waals surface area contributed by atoms with E-state index in [9.17, 15) is 33.4 Å². The summed E-state index contributed by atoms with van der Waals surface area (Å²) in [5.41, 5.74) is -3.54. The van der Waals surface area contributed by atoms with Crippen LogP contribution in [0.2, 0.25) is 0 Å². The molecular formula is C14H11F3N4O4. The Labute approximate surface area is 138 Å². The Hall–Kier alpha value is -3.24. The summed E-state index contributed by atoms with van der Waals surface area (Å²) in [6.45, 7) is -0.0616. The van der Waals surface area contributed by atoms with Gasteiger partial charge in [-0.3, -0.25) is 25.2 Å². The number of hydrogen-bond donors (Lipinski definition) is 0. The minimum Gasteiger partial charge on any atom is -0.357 e. The van der Waals surface area contributed by atoms with Gasteiger partial charge in [-0.2, -0.15) is 13.2 Å². The number of aromatic nitrogens is 1. The Morgan fingerprint density at radius 3 is 2.08 bits per heavy atom. The number of nitrogens with zero attached hydrogens (tertiary/aromatic N) is 4. The second-order valence-corrected chi connectivity index (χ2v) is 5.05. The average molecular weight is 356 g/mol. The maximum absolute atomic E-state index is 12.9. The molecule has 0 atom stereocenters. The van der Waals surface area contributed by atoms with Crippen LogP contribution in [0.3, 0.4) is 0 Å². The molecule has 0 aliphatic carbocycles. The van der Waals surface area contributed by atoms with Crippen LogP contribution < -0.4 is 4.90 Å². The summed E-state index contributed by atoms with van der Waals surface area (Å²) < 4.78 is 38.7. The second kappa shape index (κ2) is 6.71. The lowest BCUT2D eigenvalue weighted by Gasteiger charge is -2.19. The minimum absolute atomic E-state index is 0.0616. The molecule has 8 nitrogen and oxygen atoms in total. The van der Waals surface area contributed by atoms with Gasteiger partial charge in [0.1, 0.15) is 0 Å². The first kappa shape index (κ1) is 18.1. The number of benzene rings is 1. The number of pyridine rings is 1. The molecule has 132 valence electrons. The highest BCUT2D eigenvalue weighted by atomic mass is 19.4. The zero-order chi connectivity index (χ0) is 18.8. The van der Waals surface area contributed by atoms with Gasteiger partial charge in [0.25, 0.3) is 11.4 Å². The van der Waals surface area contributed by atoms with Gasteiger partial charge in [-0.25, -0.2) is 0 Å². The number of nitro benzene ring substituents is 2. The van der Waals surface area contributed by atoms with E-state index in [0.29, 0.717) is 5.69 Å². The van der Waals surface area contributed by atoms with Crippen LogP contribution in [-0.4, -0.2) is 21.9 Å². The summed E-state index contributed by atoms with van der Waals surface area (Å²) in [6, 6.07) is 5.44. The molecule has 0 aliphatic heterocycles. The average Bonchev–Trinajstić information content (AvgIpc) is 2.53. The van der Waals surface area contributed by atoms with Crippen LogP contribution in [0.4, 0.5) is 30.2 Å². The summed E-state index contributed by atoms with van der Waals surface area (Å²) in [6.07, 6.45) is -3.49. The van der Waals surface area contributed by atoms with Gasteiger partial charge in [0, 0.05) is 25.4 Å². The lowest BCUT2D eigenvalue weighted by molar-refractivity contribution is -0.393. The maximum Gasteiger partial charge on any atom is 0.416 e. The van der Waals surface area contributed by atoms with Crippen LogP contribution in [-0.2, 0) is 12.7 Å². The van der Waals surface area contributed by atoms with Gasteiger partial charge in [-0.15, -0.1) is 0 Å². The Bertz CT molecular complexity index is 776. The Kier molecular flexibility index (Phi) is 4.86. The van der Waals surface area contributed by atoms with E-state index in [-0.39, 0.29) is 18.7 Å². The lowest BCUT2D eigenvalue weighted by Crippen LogP contribution is -2.20. The molecule has 0 bridgehead atoms. The van der Waals surface area contributed by atoms with Crippen molar-refractivity contribution in [1.29, 1.82) is 0 Å². The van der Waals surface area contributed by atoms with Gasteiger partial charge in [0.15, 0.2) is 5.69 Å². The van der Waals surface area contributed by atoms with E-state index in [4.69, 9.17) is 0 Å². The molecule has 0 N–H and O–H groups in total. The molecule has 1 aromatic carbocycles. The van der Waals surface area contributed by atoms with E-state index in [1.54, 1.807) is 18.2 Å². The molecular weight excluding hydrogens is 345 g/mol. The monoisotopic (exact) mass is 356 g/mol. The van der Waals surface area contributed by atoms with E-state index in [1.165, 1.54) is 13.2 Å². The van der Waals surface area contributed by atoms with E-state index < -0.39 is 38.6 Å². The van der Waals surface area contributed by atoms with Crippen molar-refractivity contribution in [1.82, 2.24) is 4.98 Å². The molecule has 0 radical (unpaired) electrons. The molecule has 0 spiro atoms. The number of halogens is 3. The minimum atomic E-state index is -4.95. The Balaban J connectivity index is 2.61. The van der Waals surface area contributed by atoms with E-state index >= 15 is 0 Å². The summed E-state index contributed by atoms with van der Waals surface area (Å²) in [7, 11) is 1.30. The molecule has 1 aromatic heterocycles. The SMILES string of the molecule is CN(Cc1ccccn1)c1c([N+](=O)[O-])cc(C(F)(F)F)cc1[N+](=O)[O-]. The maximum atomic E-state index is 12.9. The highest BCUT2D eigenvalue weighted by Crippen LogP contribution is 2.42. The molecule has 0 unspecified atom stereocenters. The van der Waals surface area contributed by atoms with Crippen molar-refractivity contribution >= 4 is 17.1 Å². The van der Waals surface area contributed by atoms with E-state index in [1.807, 2.05) is 0 Å². The first-order chi connectivity index (χ1) is 11.6. The normalized spacial score (nSPS) is 11.2. The first-order valence-corrected chi connectivity index (χ1v) is 6.76. The molecule has 0 saturated heterocycles. The van der Waals surface area contributed by atoms with Crippen molar-refractivity contribution in [2.45, 2.75) is 12.7 Å². The van der Waals surface area contributed by atoms with Gasteiger partial charge in [-0.1, -0.05) is 6.07 Å². The van der Waals surface area contributed by atoms with Gasteiger partial charge in [0.05, 0.1) is 27.6 Å². The number of rotatable bonds is 5. The van der Waals surface area contributed by atoms with Gasteiger partial charge < -0.3 is 4.90 Å². The summed E-state index contributed by atoms with van der Waals surface area (Å²) in [5.74, 6) is 0. The topological polar surface area (TPSA) is 102 Å². The fourth-order valence-electron chi connectivity index (χ4n) is 2.25. The third-order valence-corrected chi connectivity index (χ3v) is 3.30. The molecule has 2 aromatic rings. The molecule has 25 heavy (non-hydrogen) atoms. The molecule has 0 amide bonds. The summed E-state index contributed by atoms with van der Waals surface area (Å²) >= 11 is 0. The molecule has 1 heterocycles. The standard InChI is InChI=1S/C14H11F3N4O4/c1-19(8-10-4-2-3-5-18-10)13-11(20(22)23)6-9(14(15,16)17)7-12(13)21(24)25/h2-7H,8H2,1H3. The molecule has 0 saturated carbocycles. The van der Waals surface area contributed by atoms with Crippen molar-refractivity contribution in [3.63, 3.8) is 0 Å². The quantitative estimate of drug-likeness (QED) is 0.599. The van der Waals surface area contributed by atoms with Crippen LogP contribution in [0.25, 0.3) is 0 Å². The first-order valence-electron chi connectivity index (χ1n) is 6.76. The predicted octanol–water partition coefficient (Wildman–Crippen LogP) is 3.55. The van der Waals surface area contributed by atoms with Gasteiger partial charge in [0.2, 0.25) is 0 Å². The van der Waals surface area contributed by atoms with Crippen LogP contribution in [0, 0.1) is 20.2 Å². The van der Waals surface area contributed by atoms with Crippen LogP contribution >= 0.6 is 0 Å². The lowest BCUT2D eigenvalue weighted by atomic mass is 10.1. The van der Waals surface area contributed by atoms with Crippen LogP contribution in [0.15, 0.2) is 36.5 Å². The van der Waals surface area contributed by atoms with E-state index in [0.717, 1.165) is 4.90 Å². The second-order valence-electron chi connectivity index (χ2n) is 5.05. The van der Waals surface area contributed by atoms with Crippen molar-refractivity contribution < 1.29 is 23.0 Å². The van der Waals surface area contributed by atoms with Gasteiger partial charge >= 0.3 is 6.18 Å². The Morgan fingerprint density at radius 1 is 1.12 bits per heavy atom. The number of nitro groups is 2. The predicted molar refractivity (Wildman–Crippen MR) is 81.1 cm³/mol.